The van der Waals surface area contributed by atoms with Gasteiger partial charge in [-0.15, -0.1) is 0 Å². The molecule has 0 aliphatic rings. The highest BCUT2D eigenvalue weighted by molar-refractivity contribution is 7.89. The molecular formula is C19H16F4N4O2S. The SMILES string of the molecule is C[C@H](NS(=O)(=O)c1ccccc1-c1ccc(-c2cnc(N)nc2)c(F)c1)C(F)(F)F. The standard InChI is InChI=1S/C19H16F4N4O2S/c1-11(19(21,22)23)27-30(28,29)17-5-3-2-4-15(17)12-6-7-14(16(20)8-12)13-9-25-18(24)26-10-13/h2-11,27H,1H3,(H2,24,25,26)/t11-/m0/s1. The Hall–Kier alpha value is -3.05. The molecule has 0 aliphatic carbocycles. The van der Waals surface area contributed by atoms with Crippen LogP contribution < -0.4 is 10.5 Å². The van der Waals surface area contributed by atoms with Crippen molar-refractivity contribution in [3.63, 3.8) is 0 Å². The average molecular weight is 440 g/mol. The number of anilines is 1. The minimum absolute atomic E-state index is 0.0236. The van der Waals surface area contributed by atoms with Crippen LogP contribution in [0.5, 0.6) is 0 Å². The Balaban J connectivity index is 2.02. The molecule has 0 unspecified atom stereocenters. The van der Waals surface area contributed by atoms with E-state index in [4.69, 9.17) is 5.73 Å². The molecular weight excluding hydrogens is 424 g/mol. The van der Waals surface area contributed by atoms with E-state index in [9.17, 15) is 26.0 Å². The molecule has 0 saturated carbocycles. The van der Waals surface area contributed by atoms with Gasteiger partial charge >= 0.3 is 6.18 Å². The summed E-state index contributed by atoms with van der Waals surface area (Å²) in [6, 6.07) is 7.06. The third-order valence-corrected chi connectivity index (χ3v) is 5.86. The van der Waals surface area contributed by atoms with E-state index in [2.05, 4.69) is 9.97 Å². The Morgan fingerprint density at radius 1 is 1.00 bits per heavy atom. The fourth-order valence-electron chi connectivity index (χ4n) is 2.70. The Morgan fingerprint density at radius 2 is 1.63 bits per heavy atom. The molecule has 0 amide bonds. The molecule has 2 aromatic carbocycles. The lowest BCUT2D eigenvalue weighted by atomic mass is 10.0. The van der Waals surface area contributed by atoms with Gasteiger partial charge in [0.15, 0.2) is 0 Å². The molecule has 3 aromatic rings. The first-order valence-electron chi connectivity index (χ1n) is 8.55. The Bertz CT molecular complexity index is 1170. The lowest BCUT2D eigenvalue weighted by Crippen LogP contribution is -2.43. The van der Waals surface area contributed by atoms with Crippen molar-refractivity contribution in [1.82, 2.24) is 14.7 Å². The maximum atomic E-state index is 14.7. The Labute approximate surface area is 169 Å². The van der Waals surface area contributed by atoms with Crippen LogP contribution in [0, 0.1) is 5.82 Å². The molecule has 1 heterocycles. The van der Waals surface area contributed by atoms with Gasteiger partial charge in [-0.25, -0.2) is 22.8 Å². The van der Waals surface area contributed by atoms with Crippen molar-refractivity contribution in [1.29, 1.82) is 0 Å². The zero-order valence-electron chi connectivity index (χ0n) is 15.5. The fraction of sp³-hybridized carbons (Fsp3) is 0.158. The summed E-state index contributed by atoms with van der Waals surface area (Å²) in [4.78, 5) is 7.18. The van der Waals surface area contributed by atoms with Gasteiger partial charge in [-0.05, 0) is 24.6 Å². The first kappa shape index (κ1) is 21.7. The highest BCUT2D eigenvalue weighted by Crippen LogP contribution is 2.32. The molecule has 0 spiro atoms. The molecule has 3 rings (SSSR count). The first-order chi connectivity index (χ1) is 14.0. The van der Waals surface area contributed by atoms with E-state index in [1.807, 2.05) is 0 Å². The number of aromatic nitrogens is 2. The minimum Gasteiger partial charge on any atom is -0.368 e. The van der Waals surface area contributed by atoms with E-state index < -0.39 is 33.0 Å². The van der Waals surface area contributed by atoms with Gasteiger partial charge < -0.3 is 5.73 Å². The summed E-state index contributed by atoms with van der Waals surface area (Å²) < 4.78 is 79.9. The molecule has 1 atom stereocenters. The fourth-order valence-corrected chi connectivity index (χ4v) is 4.16. The number of nitrogen functional groups attached to an aromatic ring is 1. The topological polar surface area (TPSA) is 98.0 Å². The van der Waals surface area contributed by atoms with Crippen LogP contribution in [0.25, 0.3) is 22.3 Å². The molecule has 0 bridgehead atoms. The number of nitrogens with zero attached hydrogens (tertiary/aromatic N) is 2. The molecule has 3 N–H and O–H groups in total. The molecule has 0 aliphatic heterocycles. The maximum absolute atomic E-state index is 14.7. The van der Waals surface area contributed by atoms with Crippen LogP contribution in [0.2, 0.25) is 0 Å². The molecule has 1 aromatic heterocycles. The number of sulfonamides is 1. The smallest absolute Gasteiger partial charge is 0.368 e. The lowest BCUT2D eigenvalue weighted by molar-refractivity contribution is -0.147. The van der Waals surface area contributed by atoms with Gasteiger partial charge in [-0.1, -0.05) is 30.3 Å². The molecule has 158 valence electrons. The highest BCUT2D eigenvalue weighted by Gasteiger charge is 2.39. The molecule has 0 radical (unpaired) electrons. The van der Waals surface area contributed by atoms with E-state index in [1.54, 1.807) is 4.72 Å². The number of benzene rings is 2. The van der Waals surface area contributed by atoms with Crippen LogP contribution >= 0.6 is 0 Å². The van der Waals surface area contributed by atoms with Crippen LogP contribution in [0.15, 0.2) is 59.8 Å². The molecule has 6 nitrogen and oxygen atoms in total. The number of nitrogens with one attached hydrogen (secondary N) is 1. The van der Waals surface area contributed by atoms with Crippen LogP contribution in [0.1, 0.15) is 6.92 Å². The minimum atomic E-state index is -4.75. The number of rotatable bonds is 5. The summed E-state index contributed by atoms with van der Waals surface area (Å²) in [6.45, 7) is 0.698. The van der Waals surface area contributed by atoms with Crippen molar-refractivity contribution >= 4 is 16.0 Å². The van der Waals surface area contributed by atoms with Crippen molar-refractivity contribution < 1.29 is 26.0 Å². The summed E-state index contributed by atoms with van der Waals surface area (Å²) in [5.74, 6) is -0.666. The number of halogens is 4. The van der Waals surface area contributed by atoms with E-state index >= 15 is 0 Å². The zero-order valence-corrected chi connectivity index (χ0v) is 16.3. The van der Waals surface area contributed by atoms with Gasteiger partial charge in [0.05, 0.1) is 4.90 Å². The summed E-state index contributed by atoms with van der Waals surface area (Å²) in [5.41, 5.74) is 6.15. The van der Waals surface area contributed by atoms with Crippen LogP contribution in [-0.4, -0.2) is 30.6 Å². The predicted octanol–water partition coefficient (Wildman–Crippen LogP) is 3.76. The summed E-state index contributed by atoms with van der Waals surface area (Å²) in [5, 5.41) is 0. The van der Waals surface area contributed by atoms with Gasteiger partial charge in [0, 0.05) is 29.1 Å². The Morgan fingerprint density at radius 3 is 2.23 bits per heavy atom. The van der Waals surface area contributed by atoms with E-state index in [-0.39, 0.29) is 22.6 Å². The summed E-state index contributed by atoms with van der Waals surface area (Å²) in [6.07, 6.45) is -2.08. The third kappa shape index (κ3) is 4.57. The van der Waals surface area contributed by atoms with Crippen molar-refractivity contribution in [2.75, 3.05) is 5.73 Å². The number of alkyl halides is 3. The van der Waals surface area contributed by atoms with Crippen molar-refractivity contribution in [3.05, 3.63) is 60.7 Å². The van der Waals surface area contributed by atoms with Gasteiger partial charge in [-0.2, -0.15) is 17.9 Å². The van der Waals surface area contributed by atoms with Crippen LogP contribution in [0.4, 0.5) is 23.5 Å². The molecule has 0 fully saturated rings. The van der Waals surface area contributed by atoms with Crippen molar-refractivity contribution in [2.24, 2.45) is 0 Å². The monoisotopic (exact) mass is 440 g/mol. The van der Waals surface area contributed by atoms with Gasteiger partial charge in [0.25, 0.3) is 0 Å². The normalized spacial score (nSPS) is 13.2. The number of hydrogen-bond acceptors (Lipinski definition) is 5. The van der Waals surface area contributed by atoms with Crippen molar-refractivity contribution in [2.45, 2.75) is 24.0 Å². The van der Waals surface area contributed by atoms with Crippen LogP contribution in [0.3, 0.4) is 0 Å². The van der Waals surface area contributed by atoms with E-state index in [0.717, 1.165) is 12.1 Å². The summed E-state index contributed by atoms with van der Waals surface area (Å²) >= 11 is 0. The van der Waals surface area contributed by atoms with Crippen molar-refractivity contribution in [3.8, 4) is 22.3 Å². The van der Waals surface area contributed by atoms with E-state index in [0.29, 0.717) is 12.5 Å². The van der Waals surface area contributed by atoms with Gasteiger partial charge in [0.1, 0.15) is 11.9 Å². The maximum Gasteiger partial charge on any atom is 0.404 e. The third-order valence-electron chi connectivity index (χ3n) is 4.26. The second kappa shape index (κ2) is 8.00. The number of hydrogen-bond donors (Lipinski definition) is 2. The quantitative estimate of drug-likeness (QED) is 0.589. The number of nitrogens with two attached hydrogens (primary N) is 1. The molecule has 30 heavy (non-hydrogen) atoms. The first-order valence-corrected chi connectivity index (χ1v) is 10.0. The predicted molar refractivity (Wildman–Crippen MR) is 103 cm³/mol. The zero-order chi connectivity index (χ0) is 22.1. The van der Waals surface area contributed by atoms with Crippen LogP contribution in [-0.2, 0) is 10.0 Å². The Kier molecular flexibility index (Phi) is 5.77. The van der Waals surface area contributed by atoms with E-state index in [1.165, 1.54) is 42.7 Å². The molecule has 11 heteroatoms. The largest absolute Gasteiger partial charge is 0.404 e. The van der Waals surface area contributed by atoms with Gasteiger partial charge in [-0.3, -0.25) is 0 Å². The highest BCUT2D eigenvalue weighted by atomic mass is 32.2. The lowest BCUT2D eigenvalue weighted by Gasteiger charge is -2.19. The second-order valence-corrected chi connectivity index (χ2v) is 8.09. The average Bonchev–Trinajstić information content (AvgIpc) is 2.68. The molecule has 0 saturated heterocycles. The van der Waals surface area contributed by atoms with Gasteiger partial charge in [0.2, 0.25) is 16.0 Å². The summed E-state index contributed by atoms with van der Waals surface area (Å²) in [7, 11) is -4.53. The second-order valence-electron chi connectivity index (χ2n) is 6.41.